The summed E-state index contributed by atoms with van der Waals surface area (Å²) in [6.07, 6.45) is 3.04. The van der Waals surface area contributed by atoms with Crippen LogP contribution in [0.5, 0.6) is 0 Å². The second-order valence-electron chi connectivity index (χ2n) is 5.71. The molecule has 1 saturated carbocycles. The van der Waals surface area contributed by atoms with E-state index < -0.39 is 10.1 Å². The Morgan fingerprint density at radius 1 is 1.14 bits per heavy atom. The number of hydrogen-bond acceptors (Lipinski definition) is 5. The summed E-state index contributed by atoms with van der Waals surface area (Å²) in [5.41, 5.74) is 0.724. The van der Waals surface area contributed by atoms with Gasteiger partial charge in [0.05, 0.1) is 13.2 Å². The standard InChI is InChI=1S/C16H22O5S/c1-20-16(17)11-13-7-9-15(10-8-13)21-22(18,19)12-14-5-3-2-4-6-14/h2-6,13,15H,7-12H2,1H3. The number of carbonyl (C=O) groups excluding carboxylic acids is 1. The molecule has 122 valence electrons. The summed E-state index contributed by atoms with van der Waals surface area (Å²) in [7, 11) is -2.19. The van der Waals surface area contributed by atoms with Crippen LogP contribution in [-0.2, 0) is 29.6 Å². The number of hydrogen-bond donors (Lipinski definition) is 0. The first kappa shape index (κ1) is 17.0. The van der Waals surface area contributed by atoms with Gasteiger partial charge in [-0.05, 0) is 37.2 Å². The molecule has 2 rings (SSSR count). The van der Waals surface area contributed by atoms with Gasteiger partial charge in [-0.15, -0.1) is 0 Å². The van der Waals surface area contributed by atoms with Gasteiger partial charge in [0.2, 0.25) is 0 Å². The van der Waals surface area contributed by atoms with Crippen molar-refractivity contribution in [3.05, 3.63) is 35.9 Å². The molecule has 1 aliphatic rings. The Labute approximate surface area is 131 Å². The molecule has 0 bridgehead atoms. The highest BCUT2D eigenvalue weighted by Crippen LogP contribution is 2.30. The highest BCUT2D eigenvalue weighted by molar-refractivity contribution is 7.85. The number of esters is 1. The van der Waals surface area contributed by atoms with Gasteiger partial charge in [-0.2, -0.15) is 8.42 Å². The predicted octanol–water partition coefficient (Wildman–Crippen LogP) is 2.65. The van der Waals surface area contributed by atoms with Crippen molar-refractivity contribution in [2.75, 3.05) is 7.11 Å². The van der Waals surface area contributed by atoms with E-state index in [1.807, 2.05) is 18.2 Å². The summed E-state index contributed by atoms with van der Waals surface area (Å²) in [5, 5.41) is 0. The lowest BCUT2D eigenvalue weighted by Gasteiger charge is -2.27. The summed E-state index contributed by atoms with van der Waals surface area (Å²) in [5.74, 6) is -0.0409. The Bertz CT molecular complexity index is 574. The fourth-order valence-electron chi connectivity index (χ4n) is 2.77. The Balaban J connectivity index is 1.81. The van der Waals surface area contributed by atoms with Gasteiger partial charge in [-0.25, -0.2) is 0 Å². The molecule has 22 heavy (non-hydrogen) atoms. The molecule has 0 heterocycles. The number of methoxy groups -OCH3 is 1. The van der Waals surface area contributed by atoms with E-state index in [9.17, 15) is 13.2 Å². The zero-order valence-corrected chi connectivity index (χ0v) is 13.6. The van der Waals surface area contributed by atoms with Crippen LogP contribution >= 0.6 is 0 Å². The molecule has 1 aromatic rings. The maximum absolute atomic E-state index is 12.1. The summed E-state index contributed by atoms with van der Waals surface area (Å²) >= 11 is 0. The molecule has 0 atom stereocenters. The Morgan fingerprint density at radius 3 is 2.36 bits per heavy atom. The maximum atomic E-state index is 12.1. The van der Waals surface area contributed by atoms with E-state index >= 15 is 0 Å². The summed E-state index contributed by atoms with van der Waals surface area (Å²) in [6, 6.07) is 9.01. The number of ether oxygens (including phenoxy) is 1. The van der Waals surface area contributed by atoms with Crippen LogP contribution < -0.4 is 0 Å². The van der Waals surface area contributed by atoms with Crippen LogP contribution in [-0.4, -0.2) is 27.6 Å². The molecule has 0 saturated heterocycles. The minimum Gasteiger partial charge on any atom is -0.469 e. The van der Waals surface area contributed by atoms with Crippen molar-refractivity contribution in [1.82, 2.24) is 0 Å². The van der Waals surface area contributed by atoms with Gasteiger partial charge in [0.1, 0.15) is 5.75 Å². The van der Waals surface area contributed by atoms with E-state index in [1.54, 1.807) is 12.1 Å². The lowest BCUT2D eigenvalue weighted by Crippen LogP contribution is -2.26. The van der Waals surface area contributed by atoms with Crippen molar-refractivity contribution >= 4 is 16.1 Å². The van der Waals surface area contributed by atoms with Gasteiger partial charge < -0.3 is 4.74 Å². The van der Waals surface area contributed by atoms with Crippen LogP contribution in [0.25, 0.3) is 0 Å². The molecule has 1 fully saturated rings. The van der Waals surface area contributed by atoms with Gasteiger partial charge in [-0.1, -0.05) is 30.3 Å². The van der Waals surface area contributed by atoms with Gasteiger partial charge in [0.25, 0.3) is 10.1 Å². The van der Waals surface area contributed by atoms with Gasteiger partial charge >= 0.3 is 5.97 Å². The van der Waals surface area contributed by atoms with Crippen molar-refractivity contribution < 1.29 is 22.1 Å². The summed E-state index contributed by atoms with van der Waals surface area (Å²) in [6.45, 7) is 0. The first-order valence-electron chi connectivity index (χ1n) is 7.50. The average Bonchev–Trinajstić information content (AvgIpc) is 2.49. The minimum absolute atomic E-state index is 0.101. The van der Waals surface area contributed by atoms with Crippen molar-refractivity contribution in [2.45, 2.75) is 44.0 Å². The summed E-state index contributed by atoms with van der Waals surface area (Å²) in [4.78, 5) is 11.2. The Morgan fingerprint density at radius 2 is 1.77 bits per heavy atom. The zero-order chi connectivity index (χ0) is 16.0. The largest absolute Gasteiger partial charge is 0.469 e. The second kappa shape index (κ2) is 7.74. The fraction of sp³-hybridized carbons (Fsp3) is 0.562. The van der Waals surface area contributed by atoms with Crippen LogP contribution in [0, 0.1) is 5.92 Å². The lowest BCUT2D eigenvalue weighted by molar-refractivity contribution is -0.142. The molecule has 0 aromatic heterocycles. The molecule has 0 amide bonds. The molecule has 0 unspecified atom stereocenters. The predicted molar refractivity (Wildman–Crippen MR) is 82.5 cm³/mol. The van der Waals surface area contributed by atoms with E-state index in [0.717, 1.165) is 18.4 Å². The first-order chi connectivity index (χ1) is 10.5. The minimum atomic E-state index is -3.57. The highest BCUT2D eigenvalue weighted by Gasteiger charge is 2.27. The number of rotatable bonds is 6. The number of benzene rings is 1. The Hall–Kier alpha value is -1.40. The van der Waals surface area contributed by atoms with E-state index in [0.29, 0.717) is 19.3 Å². The van der Waals surface area contributed by atoms with Crippen LogP contribution in [0.4, 0.5) is 0 Å². The first-order valence-corrected chi connectivity index (χ1v) is 9.08. The Kier molecular flexibility index (Phi) is 5.97. The van der Waals surface area contributed by atoms with Gasteiger partial charge in [0.15, 0.2) is 0 Å². The molecule has 0 spiro atoms. The normalized spacial score (nSPS) is 22.2. The van der Waals surface area contributed by atoms with E-state index in [2.05, 4.69) is 4.74 Å². The quantitative estimate of drug-likeness (QED) is 0.594. The van der Waals surface area contributed by atoms with Crippen LogP contribution in [0.15, 0.2) is 30.3 Å². The van der Waals surface area contributed by atoms with Crippen molar-refractivity contribution in [3.8, 4) is 0 Å². The molecule has 0 radical (unpaired) electrons. The molecule has 5 nitrogen and oxygen atoms in total. The van der Waals surface area contributed by atoms with E-state index in [4.69, 9.17) is 4.18 Å². The molecule has 0 N–H and O–H groups in total. The van der Waals surface area contributed by atoms with E-state index in [1.165, 1.54) is 7.11 Å². The van der Waals surface area contributed by atoms with Crippen molar-refractivity contribution in [1.29, 1.82) is 0 Å². The fourth-order valence-corrected chi connectivity index (χ4v) is 4.05. The number of carbonyl (C=O) groups is 1. The van der Waals surface area contributed by atoms with Gasteiger partial charge in [-0.3, -0.25) is 8.98 Å². The maximum Gasteiger partial charge on any atom is 0.305 e. The molecule has 1 aromatic carbocycles. The lowest BCUT2D eigenvalue weighted by atomic mass is 9.85. The highest BCUT2D eigenvalue weighted by atomic mass is 32.2. The third kappa shape index (κ3) is 5.42. The second-order valence-corrected chi connectivity index (χ2v) is 7.30. The van der Waals surface area contributed by atoms with Crippen LogP contribution in [0.2, 0.25) is 0 Å². The molecular formula is C16H22O5S. The van der Waals surface area contributed by atoms with Gasteiger partial charge in [0, 0.05) is 6.42 Å². The molecule has 6 heteroatoms. The molecule has 1 aliphatic carbocycles. The van der Waals surface area contributed by atoms with Crippen molar-refractivity contribution in [3.63, 3.8) is 0 Å². The monoisotopic (exact) mass is 326 g/mol. The SMILES string of the molecule is COC(=O)CC1CCC(OS(=O)(=O)Cc2ccccc2)CC1. The zero-order valence-electron chi connectivity index (χ0n) is 12.7. The van der Waals surface area contributed by atoms with Crippen LogP contribution in [0.1, 0.15) is 37.7 Å². The topological polar surface area (TPSA) is 69.7 Å². The molecule has 0 aliphatic heterocycles. The smallest absolute Gasteiger partial charge is 0.305 e. The summed E-state index contributed by atoms with van der Waals surface area (Å²) < 4.78 is 34.1. The van der Waals surface area contributed by atoms with E-state index in [-0.39, 0.29) is 23.7 Å². The third-order valence-electron chi connectivity index (χ3n) is 3.95. The van der Waals surface area contributed by atoms with Crippen LogP contribution in [0.3, 0.4) is 0 Å². The third-order valence-corrected chi connectivity index (χ3v) is 5.20. The average molecular weight is 326 g/mol. The van der Waals surface area contributed by atoms with Crippen molar-refractivity contribution in [2.24, 2.45) is 5.92 Å². The molecular weight excluding hydrogens is 304 g/mol.